The molecule has 0 fully saturated rings. The number of amidine groups is 1. The highest BCUT2D eigenvalue weighted by molar-refractivity contribution is 6.46. The molecule has 30 valence electrons. The fourth-order valence-corrected chi connectivity index (χ4v) is 0.384. The van der Waals surface area contributed by atoms with Crippen LogP contribution in [0.3, 0.4) is 0 Å². The maximum absolute atomic E-state index is 5.20. The Kier molecular flexibility index (Phi) is 0.672. The third kappa shape index (κ3) is 0.430. The molecule has 1 aliphatic heterocycles. The van der Waals surface area contributed by atoms with Gasteiger partial charge in [0.25, 0.3) is 7.41 Å². The maximum atomic E-state index is 5.20. The quantitative estimate of drug-likeness (QED) is 0.381. The summed E-state index contributed by atoms with van der Waals surface area (Å²) in [6.45, 7) is 0. The first kappa shape index (κ1) is 3.46. The van der Waals surface area contributed by atoms with E-state index < -0.39 is 0 Å². The van der Waals surface area contributed by atoms with E-state index in [-0.39, 0.29) is 0 Å². The third-order valence-electron chi connectivity index (χ3n) is 0.668. The average molecular weight is 79.9 g/mol. The van der Waals surface area contributed by atoms with Gasteiger partial charge in [0.1, 0.15) is 5.84 Å². The van der Waals surface area contributed by atoms with Crippen LogP contribution in [0.4, 0.5) is 0 Å². The molecule has 0 unspecified atom stereocenters. The van der Waals surface area contributed by atoms with Gasteiger partial charge in [0.2, 0.25) is 0 Å². The molecule has 1 aliphatic rings. The highest BCUT2D eigenvalue weighted by atomic mass is 14.8. The van der Waals surface area contributed by atoms with Crippen molar-refractivity contribution in [1.82, 2.24) is 0 Å². The third-order valence-corrected chi connectivity index (χ3v) is 0.668. The largest absolute Gasteiger partial charge is 0.385 e. The van der Waals surface area contributed by atoms with E-state index in [1.165, 1.54) is 0 Å². The molecule has 0 aromatic carbocycles. The molecule has 0 aromatic heterocycles. The van der Waals surface area contributed by atoms with E-state index in [0.717, 1.165) is 7.41 Å². The molecule has 0 aromatic rings. The summed E-state index contributed by atoms with van der Waals surface area (Å²) in [5, 5.41) is 0. The minimum absolute atomic E-state index is 0.648. The summed E-state index contributed by atoms with van der Waals surface area (Å²) in [6, 6.07) is 0. The lowest BCUT2D eigenvalue weighted by molar-refractivity contribution is 1.69. The summed E-state index contributed by atoms with van der Waals surface area (Å²) in [5.41, 5.74) is 5.20. The van der Waals surface area contributed by atoms with Crippen LogP contribution in [0.25, 0.3) is 0 Å². The van der Waals surface area contributed by atoms with Crippen molar-refractivity contribution in [3.63, 3.8) is 0 Å². The van der Waals surface area contributed by atoms with Crippen LogP contribution >= 0.6 is 0 Å². The fourth-order valence-electron chi connectivity index (χ4n) is 0.384. The average Bonchev–Trinajstić information content (AvgIpc) is 1.86. The minimum Gasteiger partial charge on any atom is -0.385 e. The van der Waals surface area contributed by atoms with E-state index in [9.17, 15) is 0 Å². The Balaban J connectivity index is 2.68. The van der Waals surface area contributed by atoms with E-state index in [0.29, 0.717) is 5.84 Å². The van der Waals surface area contributed by atoms with E-state index in [4.69, 9.17) is 5.73 Å². The number of rotatable bonds is 0. The Morgan fingerprint density at radius 1 is 1.83 bits per heavy atom. The van der Waals surface area contributed by atoms with Crippen molar-refractivity contribution in [1.29, 1.82) is 0 Å². The van der Waals surface area contributed by atoms with Crippen molar-refractivity contribution in [2.75, 3.05) is 0 Å². The van der Waals surface area contributed by atoms with Crippen molar-refractivity contribution < 1.29 is 0 Å². The van der Waals surface area contributed by atoms with Crippen LogP contribution in [0.2, 0.25) is 0 Å². The summed E-state index contributed by atoms with van der Waals surface area (Å²) in [5.74, 6) is 2.57. The van der Waals surface area contributed by atoms with Crippen molar-refractivity contribution in [3.8, 4) is 0 Å². The second-order valence-electron chi connectivity index (χ2n) is 1.17. The molecule has 0 aliphatic carbocycles. The van der Waals surface area contributed by atoms with Gasteiger partial charge in [-0.3, -0.25) is 0 Å². The Hall–Kier alpha value is -0.725. The van der Waals surface area contributed by atoms with Crippen LogP contribution in [0, 0.1) is 0 Å². The summed E-state index contributed by atoms with van der Waals surface area (Å²) in [6.07, 6.45) is 1.81. The molecule has 1 rings (SSSR count). The van der Waals surface area contributed by atoms with Gasteiger partial charge in [-0.05, 0) is 6.08 Å². The van der Waals surface area contributed by atoms with Crippen LogP contribution in [0.5, 0.6) is 0 Å². The van der Waals surface area contributed by atoms with Crippen molar-refractivity contribution in [2.24, 2.45) is 10.6 Å². The smallest absolute Gasteiger partial charge is 0.290 e. The molecule has 2 nitrogen and oxygen atoms in total. The molecule has 0 spiro atoms. The number of hydrogen-bond donors (Lipinski definition) is 1. The van der Waals surface area contributed by atoms with Crippen LogP contribution in [0.15, 0.2) is 17.0 Å². The summed E-state index contributed by atoms with van der Waals surface area (Å²) < 4.78 is 0. The number of nitrogens with two attached hydrogens (primary N) is 1. The molecule has 0 saturated carbocycles. The van der Waals surface area contributed by atoms with Crippen LogP contribution in [-0.4, -0.2) is 13.3 Å². The van der Waals surface area contributed by atoms with Crippen molar-refractivity contribution in [2.45, 2.75) is 0 Å². The Labute approximate surface area is 37.0 Å². The van der Waals surface area contributed by atoms with Gasteiger partial charge < -0.3 is 10.6 Å². The zero-order chi connectivity index (χ0) is 4.41. The van der Waals surface area contributed by atoms with Gasteiger partial charge in [0, 0.05) is 0 Å². The standard InChI is InChI=1S/C3H5BN2/c5-3-1-2-4-6-3/h1-2,4H,(H2,5,6). The Bertz CT molecular complexity index is 103. The lowest BCUT2D eigenvalue weighted by Crippen LogP contribution is -2.03. The van der Waals surface area contributed by atoms with E-state index >= 15 is 0 Å². The molecule has 0 bridgehead atoms. The second-order valence-corrected chi connectivity index (χ2v) is 1.17. The highest BCUT2D eigenvalue weighted by Crippen LogP contribution is 1.81. The SMILES string of the molecule is NC1=NBC=C1. The molecule has 6 heavy (non-hydrogen) atoms. The summed E-state index contributed by atoms with van der Waals surface area (Å²) >= 11 is 0. The predicted molar refractivity (Wildman–Crippen MR) is 27.9 cm³/mol. The molecule has 3 heteroatoms. The lowest BCUT2D eigenvalue weighted by Gasteiger charge is -1.75. The molecule has 2 N–H and O–H groups in total. The van der Waals surface area contributed by atoms with Gasteiger partial charge in [0.05, 0.1) is 0 Å². The lowest BCUT2D eigenvalue weighted by atomic mass is 10.00. The molecule has 1 heterocycles. The van der Waals surface area contributed by atoms with Gasteiger partial charge in [0.15, 0.2) is 0 Å². The predicted octanol–water partition coefficient (Wildman–Crippen LogP) is -0.778. The summed E-state index contributed by atoms with van der Waals surface area (Å²) in [7, 11) is 0.770. The van der Waals surface area contributed by atoms with Crippen LogP contribution in [-0.2, 0) is 0 Å². The van der Waals surface area contributed by atoms with Crippen molar-refractivity contribution in [3.05, 3.63) is 12.1 Å². The minimum atomic E-state index is 0.648. The highest BCUT2D eigenvalue weighted by Gasteiger charge is 1.89. The van der Waals surface area contributed by atoms with Gasteiger partial charge in [-0.15, -0.1) is 0 Å². The number of nitrogens with zero attached hydrogens (tertiary/aromatic N) is 1. The molecular weight excluding hydrogens is 74.9 g/mol. The van der Waals surface area contributed by atoms with Crippen molar-refractivity contribution >= 4 is 13.3 Å². The van der Waals surface area contributed by atoms with Gasteiger partial charge in [-0.2, -0.15) is 0 Å². The molecule has 0 radical (unpaired) electrons. The molecule has 0 atom stereocenters. The fraction of sp³-hybridized carbons (Fsp3) is 0. The molecule has 0 amide bonds. The van der Waals surface area contributed by atoms with E-state index in [2.05, 4.69) is 4.90 Å². The zero-order valence-corrected chi connectivity index (χ0v) is 3.39. The van der Waals surface area contributed by atoms with Gasteiger partial charge in [-0.1, -0.05) is 5.98 Å². The first-order valence-electron chi connectivity index (χ1n) is 1.86. The molecular formula is C3H5BN2. The monoisotopic (exact) mass is 80.1 g/mol. The Morgan fingerprint density at radius 2 is 2.67 bits per heavy atom. The normalized spacial score (nSPS) is 17.0. The summed E-state index contributed by atoms with van der Waals surface area (Å²) in [4.78, 5) is 3.82. The molecule has 0 saturated heterocycles. The van der Waals surface area contributed by atoms with E-state index in [1.807, 2.05) is 5.98 Å². The van der Waals surface area contributed by atoms with Gasteiger partial charge >= 0.3 is 0 Å². The Morgan fingerprint density at radius 3 is 2.83 bits per heavy atom. The second kappa shape index (κ2) is 1.16. The van der Waals surface area contributed by atoms with Crippen LogP contribution in [0.1, 0.15) is 0 Å². The first-order valence-corrected chi connectivity index (χ1v) is 1.86. The first-order chi connectivity index (χ1) is 2.89. The topological polar surface area (TPSA) is 38.4 Å². The number of hydrogen-bond acceptors (Lipinski definition) is 2. The van der Waals surface area contributed by atoms with E-state index in [1.54, 1.807) is 6.08 Å². The van der Waals surface area contributed by atoms with Crippen LogP contribution < -0.4 is 5.73 Å². The van der Waals surface area contributed by atoms with Gasteiger partial charge in [-0.25, -0.2) is 0 Å². The maximum Gasteiger partial charge on any atom is 0.290 e. The zero-order valence-electron chi connectivity index (χ0n) is 3.39.